The fourth-order valence-corrected chi connectivity index (χ4v) is 9.43. The van der Waals surface area contributed by atoms with Crippen LogP contribution >= 0.6 is 0 Å². The van der Waals surface area contributed by atoms with Crippen LogP contribution in [0, 0.1) is 5.41 Å². The van der Waals surface area contributed by atoms with E-state index in [-0.39, 0.29) is 30.2 Å². The molecule has 19 heavy (non-hydrogen) atoms. The zero-order valence-corrected chi connectivity index (χ0v) is 17.0. The van der Waals surface area contributed by atoms with Crippen LogP contribution in [0.4, 0.5) is 0 Å². The van der Waals surface area contributed by atoms with E-state index in [2.05, 4.69) is 34.6 Å². The fourth-order valence-electron chi connectivity index (χ4n) is 2.76. The van der Waals surface area contributed by atoms with Crippen molar-refractivity contribution in [3.63, 3.8) is 0 Å². The van der Waals surface area contributed by atoms with Crippen molar-refractivity contribution in [1.82, 2.24) is 0 Å². The summed E-state index contributed by atoms with van der Waals surface area (Å²) in [6, 6.07) is 0. The Labute approximate surface area is 135 Å². The second-order valence-corrected chi connectivity index (χ2v) is 12.0. The summed E-state index contributed by atoms with van der Waals surface area (Å²) in [4.78, 5) is 0. The van der Waals surface area contributed by atoms with Gasteiger partial charge in [0.25, 0.3) is 0 Å². The van der Waals surface area contributed by atoms with Crippen molar-refractivity contribution in [2.75, 3.05) is 21.3 Å². The molecule has 0 N–H and O–H groups in total. The molecule has 0 amide bonds. The minimum Gasteiger partial charge on any atom is -1.00 e. The van der Waals surface area contributed by atoms with E-state index < -0.39 is 21.6 Å². The zero-order chi connectivity index (χ0) is 13.4. The van der Waals surface area contributed by atoms with Crippen molar-refractivity contribution in [3.05, 3.63) is 20.0 Å². The van der Waals surface area contributed by atoms with Gasteiger partial charge in [-0.2, -0.15) is 0 Å². The van der Waals surface area contributed by atoms with Crippen LogP contribution in [-0.2, 0) is 30.0 Å². The van der Waals surface area contributed by atoms with Crippen LogP contribution < -0.4 is 24.8 Å². The van der Waals surface area contributed by atoms with Gasteiger partial charge in [-0.25, -0.2) is 0 Å². The molecule has 6 heteroatoms. The second kappa shape index (κ2) is 7.72. The van der Waals surface area contributed by atoms with E-state index in [9.17, 15) is 0 Å². The van der Waals surface area contributed by atoms with Gasteiger partial charge in [0, 0.05) is 0 Å². The second-order valence-electron chi connectivity index (χ2n) is 5.04. The van der Waals surface area contributed by atoms with Gasteiger partial charge in [-0.3, -0.25) is 0 Å². The van der Waals surface area contributed by atoms with Gasteiger partial charge in [-0.15, -0.1) is 0 Å². The molecule has 1 rings (SSSR count). The third-order valence-electron chi connectivity index (χ3n) is 4.17. The smallest absolute Gasteiger partial charge is 1.00 e. The van der Waals surface area contributed by atoms with Crippen LogP contribution in [0.1, 0.15) is 34.6 Å². The van der Waals surface area contributed by atoms with Crippen molar-refractivity contribution >= 4 is 0 Å². The molecule has 1 aliphatic rings. The van der Waals surface area contributed by atoms with Crippen molar-refractivity contribution in [2.24, 2.45) is 5.41 Å². The first-order chi connectivity index (χ1) is 7.78. The average molecular weight is 390 g/mol. The quantitative estimate of drug-likeness (QED) is 0.531. The fraction of sp³-hybridized carbons (Fsp3) is 0.692. The molecule has 0 aromatic rings. The Morgan fingerprint density at radius 2 is 1.16 bits per heavy atom. The monoisotopic (exact) mass is 388 g/mol. The Balaban J connectivity index is 0. The number of hydrogen-bond donors (Lipinski definition) is 0. The molecule has 0 aromatic heterocycles. The van der Waals surface area contributed by atoms with E-state index in [0.717, 1.165) is 0 Å². The van der Waals surface area contributed by atoms with Gasteiger partial charge in [0.1, 0.15) is 0 Å². The average Bonchev–Trinajstić information content (AvgIpc) is 2.46. The third-order valence-corrected chi connectivity index (χ3v) is 12.1. The molecule has 0 radical (unpaired) electrons. The van der Waals surface area contributed by atoms with Crippen LogP contribution in [0.3, 0.4) is 0 Å². The van der Waals surface area contributed by atoms with E-state index >= 15 is 0 Å². The number of hydrogen-bond acceptors (Lipinski definition) is 3. The van der Waals surface area contributed by atoms with Crippen LogP contribution in [0.15, 0.2) is 20.0 Å². The maximum absolute atomic E-state index is 5.70. The molecule has 0 bridgehead atoms. The summed E-state index contributed by atoms with van der Waals surface area (Å²) >= 11 is -3.57. The zero-order valence-electron chi connectivity index (χ0n) is 13.0. The van der Waals surface area contributed by atoms with Crippen molar-refractivity contribution in [1.29, 1.82) is 0 Å². The van der Waals surface area contributed by atoms with E-state index in [1.54, 1.807) is 21.3 Å². The Hall–Kier alpha value is 0.823. The van der Waals surface area contributed by atoms with Gasteiger partial charge >= 0.3 is 111 Å². The minimum absolute atomic E-state index is 0. The van der Waals surface area contributed by atoms with Crippen LogP contribution in [0.2, 0.25) is 0 Å². The predicted molar refractivity (Wildman–Crippen MR) is 65.9 cm³/mol. The molecular formula is C13H24Cl2O3Zr. The molecule has 0 unspecified atom stereocenters. The van der Waals surface area contributed by atoms with E-state index in [1.807, 2.05) is 0 Å². The number of rotatable bonds is 4. The standard InChI is InChI=1S/C10H15.3CH3O.2ClH.Zr/c1-7-6-10(4,5)9(3)8(7)2;3*1-2;;;/h1-5H3;3*1H3;2*1H;/q;3*-1;;;+5/p-2. The molecule has 0 fully saturated rings. The first-order valence-electron chi connectivity index (χ1n) is 5.84. The molecule has 0 saturated carbocycles. The van der Waals surface area contributed by atoms with Crippen molar-refractivity contribution in [3.8, 4) is 0 Å². The number of allylic oxidation sites excluding steroid dienone is 4. The summed E-state index contributed by atoms with van der Waals surface area (Å²) in [5.41, 5.74) is 4.00. The van der Waals surface area contributed by atoms with Crippen LogP contribution in [0.25, 0.3) is 0 Å². The Bertz CT molecular complexity index is 377. The summed E-state index contributed by atoms with van der Waals surface area (Å²) in [7, 11) is 5.09. The Morgan fingerprint density at radius 1 is 0.789 bits per heavy atom. The van der Waals surface area contributed by atoms with Gasteiger partial charge in [0.2, 0.25) is 0 Å². The third kappa shape index (κ3) is 3.36. The summed E-state index contributed by atoms with van der Waals surface area (Å²) in [6.45, 7) is 10.9. The minimum atomic E-state index is -3.57. The number of halogens is 2. The maximum Gasteiger partial charge on any atom is -1.00 e. The van der Waals surface area contributed by atoms with Gasteiger partial charge in [0.15, 0.2) is 0 Å². The van der Waals surface area contributed by atoms with E-state index in [4.69, 9.17) is 8.44 Å². The molecule has 0 heterocycles. The van der Waals surface area contributed by atoms with E-state index in [1.165, 1.54) is 20.0 Å². The van der Waals surface area contributed by atoms with Gasteiger partial charge < -0.3 is 24.8 Å². The molecule has 0 spiro atoms. The summed E-state index contributed by atoms with van der Waals surface area (Å²) in [5, 5.41) is 0. The molecule has 112 valence electrons. The van der Waals surface area contributed by atoms with Gasteiger partial charge in [-0.1, -0.05) is 0 Å². The molecule has 0 atom stereocenters. The summed E-state index contributed by atoms with van der Waals surface area (Å²) in [5.74, 6) is 0. The topological polar surface area (TPSA) is 27.7 Å². The van der Waals surface area contributed by atoms with Gasteiger partial charge in [-0.05, 0) is 0 Å². The molecule has 0 aliphatic heterocycles. The van der Waals surface area contributed by atoms with Gasteiger partial charge in [0.05, 0.1) is 0 Å². The molecule has 3 nitrogen and oxygen atoms in total. The first kappa shape index (κ1) is 22.1. The summed E-state index contributed by atoms with van der Waals surface area (Å²) < 4.78 is 18.4. The molecule has 1 aliphatic carbocycles. The van der Waals surface area contributed by atoms with Crippen LogP contribution in [-0.4, -0.2) is 21.3 Å². The largest absolute Gasteiger partial charge is 1.00 e. The molecule has 0 aromatic carbocycles. The first-order valence-corrected chi connectivity index (χ1v) is 10.1. The molecular weight excluding hydrogens is 366 g/mol. The molecule has 0 saturated heterocycles. The van der Waals surface area contributed by atoms with Crippen LogP contribution in [0.5, 0.6) is 0 Å². The van der Waals surface area contributed by atoms with Crippen molar-refractivity contribution < 1.29 is 54.8 Å². The Morgan fingerprint density at radius 3 is 1.37 bits per heavy atom. The maximum atomic E-state index is 5.70. The Kier molecular flexibility index (Phi) is 8.99. The predicted octanol–water partition coefficient (Wildman–Crippen LogP) is -2.52. The van der Waals surface area contributed by atoms with E-state index in [0.29, 0.717) is 0 Å². The van der Waals surface area contributed by atoms with Crippen molar-refractivity contribution in [2.45, 2.75) is 34.6 Å². The summed E-state index contributed by atoms with van der Waals surface area (Å²) in [6.07, 6.45) is 0. The SMILES string of the molecule is C[O][Zr+2]([O]C)([O]C)[C]1=C(C)C(C)=C(C)C1(C)C.[Cl-].[Cl-]. The normalized spacial score (nSPS) is 17.5.